The van der Waals surface area contributed by atoms with E-state index in [1.54, 1.807) is 18.8 Å². The zero-order chi connectivity index (χ0) is 13.4. The topological polar surface area (TPSA) is 38.3 Å². The van der Waals surface area contributed by atoms with Crippen LogP contribution in [0.4, 0.5) is 0 Å². The molecule has 1 N–H and O–H groups in total. The lowest BCUT2D eigenvalue weighted by Crippen LogP contribution is -2.36. The van der Waals surface area contributed by atoms with E-state index in [9.17, 15) is 4.79 Å². The van der Waals surface area contributed by atoms with Crippen LogP contribution in [0.1, 0.15) is 18.9 Å². The number of likely N-dealkylation sites (N-methyl/N-ethyl adjacent to an activating group) is 1. The molecule has 0 amide bonds. The number of esters is 1. The number of hydrogen-bond donors (Lipinski definition) is 1. The lowest BCUT2D eigenvalue weighted by atomic mass is 10.2. The van der Waals surface area contributed by atoms with Crippen molar-refractivity contribution in [2.75, 3.05) is 19.4 Å². The Bertz CT molecular complexity index is 382. The second-order valence-corrected chi connectivity index (χ2v) is 5.13. The molecule has 0 aliphatic heterocycles. The SMILES string of the molecule is CCOC(=O)C(CCSc1ccccc1C)NC. The molecular weight excluding hydrogens is 246 g/mol. The van der Waals surface area contributed by atoms with Crippen molar-refractivity contribution < 1.29 is 9.53 Å². The minimum atomic E-state index is -0.207. The first-order valence-electron chi connectivity index (χ1n) is 6.21. The first-order valence-corrected chi connectivity index (χ1v) is 7.20. The summed E-state index contributed by atoms with van der Waals surface area (Å²) in [5.41, 5.74) is 1.28. The number of carbonyl (C=O) groups excluding carboxylic acids is 1. The van der Waals surface area contributed by atoms with Gasteiger partial charge in [-0.05, 0) is 38.9 Å². The van der Waals surface area contributed by atoms with E-state index in [2.05, 4.69) is 24.4 Å². The van der Waals surface area contributed by atoms with Crippen LogP contribution in [-0.2, 0) is 9.53 Å². The molecule has 0 saturated carbocycles. The Morgan fingerprint density at radius 3 is 2.78 bits per heavy atom. The van der Waals surface area contributed by atoms with Gasteiger partial charge >= 0.3 is 5.97 Å². The summed E-state index contributed by atoms with van der Waals surface area (Å²) in [6.45, 7) is 4.36. The van der Waals surface area contributed by atoms with Crippen LogP contribution in [0.25, 0.3) is 0 Å². The van der Waals surface area contributed by atoms with Crippen LogP contribution in [0.2, 0.25) is 0 Å². The number of ether oxygens (including phenoxy) is 1. The first kappa shape index (κ1) is 15.1. The molecule has 0 aromatic heterocycles. The van der Waals surface area contributed by atoms with Crippen molar-refractivity contribution in [1.29, 1.82) is 0 Å². The van der Waals surface area contributed by atoms with Crippen molar-refractivity contribution in [2.24, 2.45) is 0 Å². The number of nitrogens with one attached hydrogen (secondary N) is 1. The molecule has 0 fully saturated rings. The minimum absolute atomic E-state index is 0.162. The van der Waals surface area contributed by atoms with Crippen molar-refractivity contribution in [2.45, 2.75) is 31.2 Å². The number of carbonyl (C=O) groups is 1. The molecule has 0 heterocycles. The number of aryl methyl sites for hydroxylation is 1. The molecule has 1 aromatic carbocycles. The molecule has 18 heavy (non-hydrogen) atoms. The van der Waals surface area contributed by atoms with Crippen LogP contribution < -0.4 is 5.32 Å². The van der Waals surface area contributed by atoms with Crippen molar-refractivity contribution >= 4 is 17.7 Å². The number of hydrogen-bond acceptors (Lipinski definition) is 4. The molecule has 0 aliphatic rings. The highest BCUT2D eigenvalue weighted by Crippen LogP contribution is 2.22. The van der Waals surface area contributed by atoms with Crippen molar-refractivity contribution in [1.82, 2.24) is 5.32 Å². The Labute approximate surface area is 113 Å². The summed E-state index contributed by atoms with van der Waals surface area (Å²) in [6.07, 6.45) is 0.772. The normalized spacial score (nSPS) is 12.2. The van der Waals surface area contributed by atoms with Gasteiger partial charge in [-0.3, -0.25) is 4.79 Å². The van der Waals surface area contributed by atoms with Crippen LogP contribution in [0, 0.1) is 6.92 Å². The largest absolute Gasteiger partial charge is 0.465 e. The average Bonchev–Trinajstić information content (AvgIpc) is 2.37. The molecule has 3 nitrogen and oxygen atoms in total. The third kappa shape index (κ3) is 4.70. The van der Waals surface area contributed by atoms with Crippen molar-refractivity contribution in [3.05, 3.63) is 29.8 Å². The summed E-state index contributed by atoms with van der Waals surface area (Å²) in [6, 6.07) is 8.08. The van der Waals surface area contributed by atoms with Gasteiger partial charge in [-0.25, -0.2) is 0 Å². The fourth-order valence-corrected chi connectivity index (χ4v) is 2.67. The van der Waals surface area contributed by atoms with Gasteiger partial charge in [0.2, 0.25) is 0 Å². The highest BCUT2D eigenvalue weighted by molar-refractivity contribution is 7.99. The van der Waals surface area contributed by atoms with Gasteiger partial charge in [-0.2, -0.15) is 0 Å². The third-order valence-electron chi connectivity index (χ3n) is 2.68. The lowest BCUT2D eigenvalue weighted by molar-refractivity contribution is -0.145. The quantitative estimate of drug-likeness (QED) is 0.609. The van der Waals surface area contributed by atoms with Gasteiger partial charge in [-0.1, -0.05) is 18.2 Å². The maximum absolute atomic E-state index is 11.6. The Morgan fingerprint density at radius 2 is 2.17 bits per heavy atom. The van der Waals surface area contributed by atoms with Crippen molar-refractivity contribution in [3.63, 3.8) is 0 Å². The highest BCUT2D eigenvalue weighted by Gasteiger charge is 2.16. The maximum Gasteiger partial charge on any atom is 0.323 e. The molecule has 0 aliphatic carbocycles. The molecule has 1 atom stereocenters. The lowest BCUT2D eigenvalue weighted by Gasteiger charge is -2.14. The average molecular weight is 267 g/mol. The van der Waals surface area contributed by atoms with Crippen LogP contribution in [0.5, 0.6) is 0 Å². The van der Waals surface area contributed by atoms with E-state index in [0.717, 1.165) is 12.2 Å². The van der Waals surface area contributed by atoms with Gasteiger partial charge in [0, 0.05) is 10.6 Å². The van der Waals surface area contributed by atoms with Crippen LogP contribution >= 0.6 is 11.8 Å². The highest BCUT2D eigenvalue weighted by atomic mass is 32.2. The molecule has 100 valence electrons. The summed E-state index contributed by atoms with van der Waals surface area (Å²) >= 11 is 1.78. The van der Waals surface area contributed by atoms with Gasteiger partial charge < -0.3 is 10.1 Å². The number of thioether (sulfide) groups is 1. The van der Waals surface area contributed by atoms with Gasteiger partial charge in [0.15, 0.2) is 0 Å². The Morgan fingerprint density at radius 1 is 1.44 bits per heavy atom. The van der Waals surface area contributed by atoms with Gasteiger partial charge in [0.25, 0.3) is 0 Å². The fourth-order valence-electron chi connectivity index (χ4n) is 1.63. The van der Waals surface area contributed by atoms with Crippen LogP contribution in [0.3, 0.4) is 0 Å². The smallest absolute Gasteiger partial charge is 0.323 e. The van der Waals surface area contributed by atoms with Gasteiger partial charge in [0.1, 0.15) is 6.04 Å². The maximum atomic E-state index is 11.6. The van der Waals surface area contributed by atoms with E-state index in [4.69, 9.17) is 4.74 Å². The van der Waals surface area contributed by atoms with Crippen LogP contribution in [-0.4, -0.2) is 31.4 Å². The minimum Gasteiger partial charge on any atom is -0.465 e. The first-order chi connectivity index (χ1) is 8.69. The summed E-state index contributed by atoms with van der Waals surface area (Å²) < 4.78 is 5.01. The molecule has 0 spiro atoms. The van der Waals surface area contributed by atoms with E-state index in [-0.39, 0.29) is 12.0 Å². The third-order valence-corrected chi connectivity index (χ3v) is 3.89. The van der Waals surface area contributed by atoms with E-state index >= 15 is 0 Å². The van der Waals surface area contributed by atoms with E-state index in [0.29, 0.717) is 6.61 Å². The second-order valence-electron chi connectivity index (χ2n) is 4.00. The predicted octanol–water partition coefficient (Wildman–Crippen LogP) is 2.63. The van der Waals surface area contributed by atoms with E-state index < -0.39 is 0 Å². The molecule has 0 radical (unpaired) electrons. The molecular formula is C14H21NO2S. The predicted molar refractivity (Wildman–Crippen MR) is 76.0 cm³/mol. The zero-order valence-corrected chi connectivity index (χ0v) is 12.0. The van der Waals surface area contributed by atoms with Crippen LogP contribution in [0.15, 0.2) is 29.2 Å². The Kier molecular flexibility index (Phi) is 6.83. The number of benzene rings is 1. The summed E-state index contributed by atoms with van der Waals surface area (Å²) in [5, 5.41) is 3.00. The second kappa shape index (κ2) is 8.16. The van der Waals surface area contributed by atoms with Gasteiger partial charge in [0.05, 0.1) is 6.61 Å². The molecule has 1 rings (SSSR count). The summed E-state index contributed by atoms with van der Waals surface area (Å²) in [5.74, 6) is 0.736. The summed E-state index contributed by atoms with van der Waals surface area (Å²) in [4.78, 5) is 12.9. The molecule has 1 unspecified atom stereocenters. The number of rotatable bonds is 7. The molecule has 1 aromatic rings. The van der Waals surface area contributed by atoms with Crippen molar-refractivity contribution in [3.8, 4) is 0 Å². The zero-order valence-electron chi connectivity index (χ0n) is 11.2. The Balaban J connectivity index is 2.40. The fraction of sp³-hybridized carbons (Fsp3) is 0.500. The monoisotopic (exact) mass is 267 g/mol. The molecule has 0 bridgehead atoms. The molecule has 4 heteroatoms. The standard InChI is InChI=1S/C14H21NO2S/c1-4-17-14(16)12(15-3)9-10-18-13-8-6-5-7-11(13)2/h5-8,12,15H,4,9-10H2,1-3H3. The van der Waals surface area contributed by atoms with E-state index in [1.807, 2.05) is 19.1 Å². The summed E-state index contributed by atoms with van der Waals surface area (Å²) in [7, 11) is 1.79. The van der Waals surface area contributed by atoms with E-state index in [1.165, 1.54) is 10.5 Å². The van der Waals surface area contributed by atoms with Gasteiger partial charge in [-0.15, -0.1) is 11.8 Å². The Hall–Kier alpha value is -1.00. The molecule has 0 saturated heterocycles.